The smallest absolute Gasteiger partial charge is 0.205 e. The molecule has 0 unspecified atom stereocenters. The first-order chi connectivity index (χ1) is 9.47. The van der Waals surface area contributed by atoms with E-state index in [-0.39, 0.29) is 16.8 Å². The Balaban J connectivity index is 2.32. The molecule has 0 fully saturated rings. The Kier molecular flexibility index (Phi) is 2.87. The van der Waals surface area contributed by atoms with Crippen LogP contribution in [-0.4, -0.2) is 9.55 Å². The standard InChI is InChI=1S/C14H10ClF2N3/c1-7-4-13-12(6-10(7)16)19-14(18)20(13)8-2-3-9(15)11(17)5-8/h2-6H,1H3,(H2,18,19). The molecule has 6 heteroatoms. The van der Waals surface area contributed by atoms with Gasteiger partial charge in [-0.05, 0) is 36.8 Å². The molecule has 0 spiro atoms. The zero-order chi connectivity index (χ0) is 14.4. The van der Waals surface area contributed by atoms with Crippen LogP contribution < -0.4 is 5.73 Å². The van der Waals surface area contributed by atoms with Gasteiger partial charge in [0.15, 0.2) is 0 Å². The molecular formula is C14H10ClF2N3. The molecule has 0 aliphatic heterocycles. The third-order valence-electron chi connectivity index (χ3n) is 3.12. The maximum Gasteiger partial charge on any atom is 0.205 e. The normalized spacial score (nSPS) is 11.2. The number of nitrogen functional groups attached to an aromatic ring is 1. The van der Waals surface area contributed by atoms with Gasteiger partial charge in [-0.25, -0.2) is 13.8 Å². The fourth-order valence-electron chi connectivity index (χ4n) is 2.12. The lowest BCUT2D eigenvalue weighted by molar-refractivity contribution is 0.620. The molecule has 102 valence electrons. The minimum atomic E-state index is -0.552. The van der Waals surface area contributed by atoms with Gasteiger partial charge in [0.2, 0.25) is 5.95 Å². The van der Waals surface area contributed by atoms with Crippen molar-refractivity contribution in [3.05, 3.63) is 52.6 Å². The van der Waals surface area contributed by atoms with Gasteiger partial charge in [-0.2, -0.15) is 0 Å². The van der Waals surface area contributed by atoms with Crippen LogP contribution in [0.5, 0.6) is 0 Å². The van der Waals surface area contributed by atoms with E-state index in [4.69, 9.17) is 17.3 Å². The van der Waals surface area contributed by atoms with Crippen LogP contribution in [-0.2, 0) is 0 Å². The third kappa shape index (κ3) is 1.91. The Morgan fingerprint density at radius 3 is 2.60 bits per heavy atom. The Bertz CT molecular complexity index is 827. The summed E-state index contributed by atoms with van der Waals surface area (Å²) in [7, 11) is 0. The predicted molar refractivity (Wildman–Crippen MR) is 75.1 cm³/mol. The number of aryl methyl sites for hydroxylation is 1. The molecule has 0 amide bonds. The fraction of sp³-hybridized carbons (Fsp3) is 0.0714. The molecule has 0 bridgehead atoms. The van der Waals surface area contributed by atoms with Crippen LogP contribution in [0.1, 0.15) is 5.56 Å². The second-order valence-electron chi connectivity index (χ2n) is 4.49. The summed E-state index contributed by atoms with van der Waals surface area (Å²) in [5.74, 6) is -0.750. The number of nitrogens with two attached hydrogens (primary N) is 1. The monoisotopic (exact) mass is 293 g/mol. The number of imidazole rings is 1. The second kappa shape index (κ2) is 4.45. The van der Waals surface area contributed by atoms with Crippen molar-refractivity contribution in [1.29, 1.82) is 0 Å². The number of benzene rings is 2. The first-order valence-corrected chi connectivity index (χ1v) is 6.24. The molecule has 1 heterocycles. The highest BCUT2D eigenvalue weighted by molar-refractivity contribution is 6.30. The molecule has 2 N–H and O–H groups in total. The largest absolute Gasteiger partial charge is 0.369 e. The van der Waals surface area contributed by atoms with Crippen LogP contribution in [0, 0.1) is 18.6 Å². The summed E-state index contributed by atoms with van der Waals surface area (Å²) in [5, 5.41) is 0.0268. The van der Waals surface area contributed by atoms with Crippen LogP contribution in [0.3, 0.4) is 0 Å². The third-order valence-corrected chi connectivity index (χ3v) is 3.43. The number of fused-ring (bicyclic) bond motifs is 1. The zero-order valence-corrected chi connectivity index (χ0v) is 11.2. The molecule has 1 aromatic heterocycles. The quantitative estimate of drug-likeness (QED) is 0.740. The summed E-state index contributed by atoms with van der Waals surface area (Å²) >= 11 is 5.67. The van der Waals surface area contributed by atoms with Gasteiger partial charge in [0.1, 0.15) is 11.6 Å². The van der Waals surface area contributed by atoms with Gasteiger partial charge in [0.05, 0.1) is 21.7 Å². The molecule has 0 aliphatic carbocycles. The van der Waals surface area contributed by atoms with Crippen LogP contribution in [0.4, 0.5) is 14.7 Å². The van der Waals surface area contributed by atoms with Crippen LogP contribution in [0.25, 0.3) is 16.7 Å². The molecular weight excluding hydrogens is 284 g/mol. The number of halogens is 3. The summed E-state index contributed by atoms with van der Waals surface area (Å²) in [6.45, 7) is 1.64. The van der Waals surface area contributed by atoms with Crippen molar-refractivity contribution in [2.75, 3.05) is 5.73 Å². The van der Waals surface area contributed by atoms with Crippen molar-refractivity contribution in [2.45, 2.75) is 6.92 Å². The Hall–Kier alpha value is -2.14. The average Bonchev–Trinajstić information content (AvgIpc) is 2.69. The van der Waals surface area contributed by atoms with Crippen molar-refractivity contribution < 1.29 is 8.78 Å². The predicted octanol–water partition coefficient (Wildman–Crippen LogP) is 3.85. The maximum absolute atomic E-state index is 13.6. The highest BCUT2D eigenvalue weighted by Crippen LogP contribution is 2.27. The summed E-state index contributed by atoms with van der Waals surface area (Å²) in [4.78, 5) is 4.09. The van der Waals surface area contributed by atoms with Crippen molar-refractivity contribution in [2.24, 2.45) is 0 Å². The molecule has 3 aromatic rings. The van der Waals surface area contributed by atoms with E-state index in [0.717, 1.165) is 0 Å². The Labute approximate surface area is 118 Å². The molecule has 0 atom stereocenters. The number of anilines is 1. The van der Waals surface area contributed by atoms with Gasteiger partial charge >= 0.3 is 0 Å². The fourth-order valence-corrected chi connectivity index (χ4v) is 2.23. The first kappa shape index (κ1) is 12.9. The number of hydrogen-bond donors (Lipinski definition) is 1. The SMILES string of the molecule is Cc1cc2c(cc1F)nc(N)n2-c1ccc(Cl)c(F)c1. The van der Waals surface area contributed by atoms with Crippen LogP contribution in [0.2, 0.25) is 5.02 Å². The van der Waals surface area contributed by atoms with E-state index in [1.54, 1.807) is 23.6 Å². The molecule has 3 nitrogen and oxygen atoms in total. The van der Waals surface area contributed by atoms with Crippen molar-refractivity contribution >= 4 is 28.6 Å². The second-order valence-corrected chi connectivity index (χ2v) is 4.90. The van der Waals surface area contributed by atoms with Gasteiger partial charge < -0.3 is 5.73 Å². The lowest BCUT2D eigenvalue weighted by Crippen LogP contribution is -2.01. The highest BCUT2D eigenvalue weighted by atomic mass is 35.5. The highest BCUT2D eigenvalue weighted by Gasteiger charge is 2.13. The molecule has 0 saturated carbocycles. The topological polar surface area (TPSA) is 43.8 Å². The van der Waals surface area contributed by atoms with E-state index in [9.17, 15) is 8.78 Å². The molecule has 2 aromatic carbocycles. The van der Waals surface area contributed by atoms with E-state index < -0.39 is 5.82 Å². The summed E-state index contributed by atoms with van der Waals surface area (Å²) < 4.78 is 28.7. The van der Waals surface area contributed by atoms with Crippen molar-refractivity contribution in [3.63, 3.8) is 0 Å². The van der Waals surface area contributed by atoms with Gasteiger partial charge in [0, 0.05) is 6.07 Å². The molecule has 3 rings (SSSR count). The summed E-state index contributed by atoms with van der Waals surface area (Å²) in [6, 6.07) is 7.26. The van der Waals surface area contributed by atoms with Gasteiger partial charge in [0.25, 0.3) is 0 Å². The van der Waals surface area contributed by atoms with E-state index >= 15 is 0 Å². The molecule has 0 radical (unpaired) electrons. The lowest BCUT2D eigenvalue weighted by Gasteiger charge is -2.07. The number of nitrogens with zero attached hydrogens (tertiary/aromatic N) is 2. The average molecular weight is 294 g/mol. The van der Waals surface area contributed by atoms with E-state index in [1.807, 2.05) is 0 Å². The minimum absolute atomic E-state index is 0.0268. The van der Waals surface area contributed by atoms with Crippen molar-refractivity contribution in [1.82, 2.24) is 9.55 Å². The Morgan fingerprint density at radius 1 is 1.15 bits per heavy atom. The maximum atomic E-state index is 13.6. The number of hydrogen-bond acceptors (Lipinski definition) is 2. The van der Waals surface area contributed by atoms with Crippen LogP contribution >= 0.6 is 11.6 Å². The summed E-state index contributed by atoms with van der Waals surface area (Å²) in [5.41, 5.74) is 7.83. The molecule has 0 saturated heterocycles. The molecule has 20 heavy (non-hydrogen) atoms. The van der Waals surface area contributed by atoms with E-state index in [0.29, 0.717) is 22.3 Å². The minimum Gasteiger partial charge on any atom is -0.369 e. The van der Waals surface area contributed by atoms with Crippen LogP contribution in [0.15, 0.2) is 30.3 Å². The van der Waals surface area contributed by atoms with E-state index in [1.165, 1.54) is 18.2 Å². The first-order valence-electron chi connectivity index (χ1n) is 5.87. The van der Waals surface area contributed by atoms with Crippen molar-refractivity contribution in [3.8, 4) is 5.69 Å². The summed E-state index contributed by atoms with van der Waals surface area (Å²) in [6.07, 6.45) is 0. The van der Waals surface area contributed by atoms with Gasteiger partial charge in [-0.3, -0.25) is 4.57 Å². The van der Waals surface area contributed by atoms with Gasteiger partial charge in [-0.15, -0.1) is 0 Å². The number of aromatic nitrogens is 2. The lowest BCUT2D eigenvalue weighted by atomic mass is 10.2. The zero-order valence-electron chi connectivity index (χ0n) is 10.5. The number of rotatable bonds is 1. The van der Waals surface area contributed by atoms with E-state index in [2.05, 4.69) is 4.98 Å². The molecule has 0 aliphatic rings. The van der Waals surface area contributed by atoms with Gasteiger partial charge in [-0.1, -0.05) is 11.6 Å². The Morgan fingerprint density at radius 2 is 1.90 bits per heavy atom.